The van der Waals surface area contributed by atoms with Crippen molar-refractivity contribution in [1.82, 2.24) is 4.90 Å². The number of ketones is 1. The van der Waals surface area contributed by atoms with Gasteiger partial charge in [-0.3, -0.25) is 9.69 Å². The van der Waals surface area contributed by atoms with Crippen LogP contribution in [0.2, 0.25) is 0 Å². The number of aryl methyl sites for hydroxylation is 1. The first-order valence-corrected chi connectivity index (χ1v) is 9.32. The summed E-state index contributed by atoms with van der Waals surface area (Å²) in [5.74, 6) is 0.451. The molecular weight excluding hydrogens is 286 g/mol. The number of sulfone groups is 1. The Bertz CT molecular complexity index is 592. The van der Waals surface area contributed by atoms with Gasteiger partial charge in [-0.1, -0.05) is 31.2 Å². The quantitative estimate of drug-likeness (QED) is 0.798. The number of benzene rings is 1. The summed E-state index contributed by atoms with van der Waals surface area (Å²) in [6.45, 7) is 5.06. The molecule has 0 bridgehead atoms. The molecule has 1 aromatic carbocycles. The van der Waals surface area contributed by atoms with Crippen molar-refractivity contribution in [2.45, 2.75) is 32.7 Å². The van der Waals surface area contributed by atoms with E-state index in [2.05, 4.69) is 6.92 Å². The summed E-state index contributed by atoms with van der Waals surface area (Å²) in [5.41, 5.74) is 1.91. The fourth-order valence-corrected chi connectivity index (χ4v) is 3.94. The van der Waals surface area contributed by atoms with Crippen LogP contribution in [0.1, 0.15) is 36.2 Å². The van der Waals surface area contributed by atoms with Crippen LogP contribution in [0.5, 0.6) is 0 Å². The van der Waals surface area contributed by atoms with Gasteiger partial charge in [0.2, 0.25) is 0 Å². The minimum Gasteiger partial charge on any atom is -0.292 e. The summed E-state index contributed by atoms with van der Waals surface area (Å²) >= 11 is 0. The maximum absolute atomic E-state index is 12.5. The van der Waals surface area contributed by atoms with E-state index < -0.39 is 9.84 Å². The lowest BCUT2D eigenvalue weighted by Crippen LogP contribution is -2.40. The molecule has 0 amide bonds. The molecule has 5 heteroatoms. The van der Waals surface area contributed by atoms with Crippen LogP contribution in [-0.4, -0.2) is 49.7 Å². The Hall–Kier alpha value is -1.20. The van der Waals surface area contributed by atoms with Gasteiger partial charge in [0.05, 0.1) is 17.5 Å². The lowest BCUT2D eigenvalue weighted by Gasteiger charge is -2.26. The monoisotopic (exact) mass is 309 g/mol. The zero-order valence-corrected chi connectivity index (χ0v) is 13.5. The highest BCUT2D eigenvalue weighted by molar-refractivity contribution is 7.91. The molecular formula is C16H23NO3S. The van der Waals surface area contributed by atoms with Crippen LogP contribution in [-0.2, 0) is 16.3 Å². The van der Waals surface area contributed by atoms with Gasteiger partial charge in [-0.2, -0.15) is 0 Å². The van der Waals surface area contributed by atoms with Crippen LogP contribution in [0.15, 0.2) is 24.3 Å². The first kappa shape index (κ1) is 16.2. The van der Waals surface area contributed by atoms with Gasteiger partial charge in [0.15, 0.2) is 15.6 Å². The highest BCUT2D eigenvalue weighted by Gasteiger charge is 2.26. The summed E-state index contributed by atoms with van der Waals surface area (Å²) in [4.78, 5) is 14.5. The van der Waals surface area contributed by atoms with Gasteiger partial charge in [0.1, 0.15) is 0 Å². The first-order valence-electron chi connectivity index (χ1n) is 7.50. The number of hydrogen-bond acceptors (Lipinski definition) is 4. The van der Waals surface area contributed by atoms with Crippen molar-refractivity contribution in [2.75, 3.05) is 24.6 Å². The molecule has 0 spiro atoms. The largest absolute Gasteiger partial charge is 0.292 e. The van der Waals surface area contributed by atoms with Crippen LogP contribution in [0.3, 0.4) is 0 Å². The minimum absolute atomic E-state index is 0.0666. The Balaban J connectivity index is 2.07. The molecule has 116 valence electrons. The van der Waals surface area contributed by atoms with Crippen molar-refractivity contribution in [3.05, 3.63) is 35.4 Å². The third-order valence-electron chi connectivity index (χ3n) is 4.16. The van der Waals surface area contributed by atoms with Crippen LogP contribution in [0, 0.1) is 0 Å². The van der Waals surface area contributed by atoms with E-state index in [1.54, 1.807) is 0 Å². The molecule has 1 saturated heterocycles. The van der Waals surface area contributed by atoms with Crippen molar-refractivity contribution < 1.29 is 13.2 Å². The summed E-state index contributed by atoms with van der Waals surface area (Å²) in [6, 6.07) is 7.42. The average Bonchev–Trinajstić information content (AvgIpc) is 2.66. The van der Waals surface area contributed by atoms with E-state index in [-0.39, 0.29) is 23.3 Å². The van der Waals surface area contributed by atoms with Gasteiger partial charge in [-0.25, -0.2) is 8.42 Å². The number of rotatable bonds is 4. The Labute approximate surface area is 127 Å². The number of Topliss-reactive ketones (excluding diaryl/α,β-unsaturated/α-hetero) is 1. The van der Waals surface area contributed by atoms with Crippen molar-refractivity contribution in [1.29, 1.82) is 0 Å². The first-order chi connectivity index (χ1) is 9.93. The molecule has 1 aliphatic rings. The summed E-state index contributed by atoms with van der Waals surface area (Å²) in [5, 5.41) is 0. The molecule has 2 rings (SSSR count). The van der Waals surface area contributed by atoms with E-state index in [0.717, 1.165) is 6.42 Å². The zero-order chi connectivity index (χ0) is 15.5. The van der Waals surface area contributed by atoms with E-state index in [1.807, 2.05) is 36.1 Å². The van der Waals surface area contributed by atoms with Crippen LogP contribution in [0.25, 0.3) is 0 Å². The molecule has 0 N–H and O–H groups in total. The third-order valence-corrected chi connectivity index (χ3v) is 5.88. The zero-order valence-electron chi connectivity index (χ0n) is 12.7. The fourth-order valence-electron chi connectivity index (χ4n) is 2.66. The molecule has 4 nitrogen and oxygen atoms in total. The molecule has 1 fully saturated rings. The maximum Gasteiger partial charge on any atom is 0.179 e. The van der Waals surface area contributed by atoms with Gasteiger partial charge in [0, 0.05) is 12.1 Å². The molecule has 1 aromatic rings. The highest BCUT2D eigenvalue weighted by atomic mass is 32.2. The molecule has 1 unspecified atom stereocenters. The second-order valence-corrected chi connectivity index (χ2v) is 7.94. The summed E-state index contributed by atoms with van der Waals surface area (Å²) < 4.78 is 23.3. The molecule has 0 aliphatic carbocycles. The van der Waals surface area contributed by atoms with E-state index in [4.69, 9.17) is 0 Å². The predicted molar refractivity (Wildman–Crippen MR) is 84.5 cm³/mol. The SMILES string of the molecule is CCc1ccc(C(=O)C(C)N2CCCS(=O)(=O)CC2)cc1. The van der Waals surface area contributed by atoms with E-state index >= 15 is 0 Å². The smallest absolute Gasteiger partial charge is 0.179 e. The number of carbonyl (C=O) groups excluding carboxylic acids is 1. The normalized spacial score (nSPS) is 20.7. The highest BCUT2D eigenvalue weighted by Crippen LogP contribution is 2.14. The van der Waals surface area contributed by atoms with Gasteiger partial charge >= 0.3 is 0 Å². The Morgan fingerprint density at radius 2 is 1.86 bits per heavy atom. The fraction of sp³-hybridized carbons (Fsp3) is 0.562. The van der Waals surface area contributed by atoms with Crippen LogP contribution >= 0.6 is 0 Å². The van der Waals surface area contributed by atoms with Crippen molar-refractivity contribution >= 4 is 15.6 Å². The van der Waals surface area contributed by atoms with Crippen molar-refractivity contribution in [3.63, 3.8) is 0 Å². The summed E-state index contributed by atoms with van der Waals surface area (Å²) in [6.07, 6.45) is 1.56. The van der Waals surface area contributed by atoms with Crippen LogP contribution in [0.4, 0.5) is 0 Å². The predicted octanol–water partition coefficient (Wildman–Crippen LogP) is 1.94. The lowest BCUT2D eigenvalue weighted by molar-refractivity contribution is 0.0848. The number of nitrogens with zero attached hydrogens (tertiary/aromatic N) is 1. The van der Waals surface area contributed by atoms with Gasteiger partial charge in [-0.05, 0) is 31.9 Å². The molecule has 21 heavy (non-hydrogen) atoms. The van der Waals surface area contributed by atoms with Crippen LogP contribution < -0.4 is 0 Å². The van der Waals surface area contributed by atoms with Crippen molar-refractivity contribution in [3.8, 4) is 0 Å². The summed E-state index contributed by atoms with van der Waals surface area (Å²) in [7, 11) is -2.94. The van der Waals surface area contributed by atoms with E-state index in [0.29, 0.717) is 25.1 Å². The Morgan fingerprint density at radius 3 is 2.48 bits per heavy atom. The van der Waals surface area contributed by atoms with Crippen molar-refractivity contribution in [2.24, 2.45) is 0 Å². The topological polar surface area (TPSA) is 54.5 Å². The molecule has 1 atom stereocenters. The third kappa shape index (κ3) is 4.14. The maximum atomic E-state index is 12.5. The second-order valence-electron chi connectivity index (χ2n) is 5.63. The minimum atomic E-state index is -2.94. The van der Waals surface area contributed by atoms with Gasteiger partial charge < -0.3 is 0 Å². The molecule has 0 aromatic heterocycles. The van der Waals surface area contributed by atoms with E-state index in [9.17, 15) is 13.2 Å². The average molecular weight is 309 g/mol. The molecule has 1 aliphatic heterocycles. The molecule has 0 saturated carbocycles. The Kier molecular flexibility index (Phi) is 5.17. The molecule has 0 radical (unpaired) electrons. The van der Waals surface area contributed by atoms with Gasteiger partial charge in [-0.15, -0.1) is 0 Å². The number of hydrogen-bond donors (Lipinski definition) is 0. The lowest BCUT2D eigenvalue weighted by atomic mass is 10.0. The molecule has 1 heterocycles. The number of carbonyl (C=O) groups is 1. The van der Waals surface area contributed by atoms with Gasteiger partial charge in [0.25, 0.3) is 0 Å². The Morgan fingerprint density at radius 1 is 1.19 bits per heavy atom. The van der Waals surface area contributed by atoms with E-state index in [1.165, 1.54) is 5.56 Å². The standard InChI is InChI=1S/C16H23NO3S/c1-3-14-5-7-15(8-6-14)16(18)13(2)17-9-4-11-21(19,20)12-10-17/h5-8,13H,3-4,9-12H2,1-2H3. The second kappa shape index (κ2) is 6.71.